The van der Waals surface area contributed by atoms with Crippen molar-refractivity contribution in [3.8, 4) is 5.75 Å². The van der Waals surface area contributed by atoms with Crippen LogP contribution in [0.15, 0.2) is 18.2 Å². The van der Waals surface area contributed by atoms with E-state index in [2.05, 4.69) is 6.92 Å². The fraction of sp³-hybridized carbons (Fsp3) is 0.533. The summed E-state index contributed by atoms with van der Waals surface area (Å²) in [4.78, 5) is 14.2. The summed E-state index contributed by atoms with van der Waals surface area (Å²) in [6, 6.07) is 5.17. The average Bonchev–Trinajstić information content (AvgIpc) is 2.41. The number of nitrogens with two attached hydrogens (primary N) is 1. The lowest BCUT2D eigenvalue weighted by Gasteiger charge is -2.33. The Morgan fingerprint density at radius 1 is 1.32 bits per heavy atom. The van der Waals surface area contributed by atoms with Crippen LogP contribution in [0.25, 0.3) is 0 Å². The van der Waals surface area contributed by atoms with Crippen LogP contribution in [0.2, 0.25) is 0 Å². The Morgan fingerprint density at radius 2 is 1.95 bits per heavy atom. The van der Waals surface area contributed by atoms with Gasteiger partial charge in [-0.25, -0.2) is 0 Å². The maximum Gasteiger partial charge on any atom is 0.257 e. The summed E-state index contributed by atoms with van der Waals surface area (Å²) in [6.07, 6.45) is 4.38. The van der Waals surface area contributed by atoms with Crippen molar-refractivity contribution in [3.05, 3.63) is 23.8 Å². The van der Waals surface area contributed by atoms with Gasteiger partial charge in [-0.05, 0) is 43.7 Å². The summed E-state index contributed by atoms with van der Waals surface area (Å²) in [5.41, 5.74) is 6.17. The Bertz CT molecular complexity index is 465. The summed E-state index contributed by atoms with van der Waals surface area (Å²) in [5, 5.41) is 9.88. The van der Waals surface area contributed by atoms with Crippen LogP contribution in [0.3, 0.4) is 0 Å². The number of nitrogen functional groups attached to an aromatic ring is 1. The first-order valence-electron chi connectivity index (χ1n) is 6.85. The quantitative estimate of drug-likeness (QED) is 0.636. The molecule has 104 valence electrons. The van der Waals surface area contributed by atoms with Gasteiger partial charge in [0.15, 0.2) is 5.75 Å². The van der Waals surface area contributed by atoms with Crippen molar-refractivity contribution in [2.75, 3.05) is 12.8 Å². The maximum absolute atomic E-state index is 12.4. The average molecular weight is 262 g/mol. The SMILES string of the molecule is CC1CCC(N(C)C(=O)c2cccc(N)c2O)CC1. The van der Waals surface area contributed by atoms with Crippen molar-refractivity contribution in [2.45, 2.75) is 38.6 Å². The smallest absolute Gasteiger partial charge is 0.257 e. The van der Waals surface area contributed by atoms with Gasteiger partial charge in [-0.1, -0.05) is 13.0 Å². The molecule has 1 aromatic carbocycles. The molecule has 0 atom stereocenters. The molecule has 0 spiro atoms. The molecule has 2 rings (SSSR count). The number of nitrogens with zero attached hydrogens (tertiary/aromatic N) is 1. The zero-order valence-electron chi connectivity index (χ0n) is 11.6. The highest BCUT2D eigenvalue weighted by Gasteiger charge is 2.26. The second-order valence-corrected chi connectivity index (χ2v) is 5.57. The zero-order chi connectivity index (χ0) is 14.0. The molecule has 1 amide bonds. The van der Waals surface area contributed by atoms with Crippen molar-refractivity contribution >= 4 is 11.6 Å². The molecule has 1 saturated carbocycles. The summed E-state index contributed by atoms with van der Waals surface area (Å²) >= 11 is 0. The number of para-hydroxylation sites is 1. The lowest BCUT2D eigenvalue weighted by Crippen LogP contribution is -2.39. The number of anilines is 1. The van der Waals surface area contributed by atoms with Gasteiger partial charge in [0.25, 0.3) is 5.91 Å². The van der Waals surface area contributed by atoms with E-state index < -0.39 is 0 Å². The van der Waals surface area contributed by atoms with Crippen molar-refractivity contribution < 1.29 is 9.90 Å². The van der Waals surface area contributed by atoms with Crippen LogP contribution in [0.4, 0.5) is 5.69 Å². The number of amides is 1. The Morgan fingerprint density at radius 3 is 2.58 bits per heavy atom. The highest BCUT2D eigenvalue weighted by Crippen LogP contribution is 2.30. The zero-order valence-corrected chi connectivity index (χ0v) is 11.6. The van der Waals surface area contributed by atoms with Crippen LogP contribution in [0.5, 0.6) is 5.75 Å². The lowest BCUT2D eigenvalue weighted by atomic mass is 9.86. The monoisotopic (exact) mass is 262 g/mol. The van der Waals surface area contributed by atoms with Crippen molar-refractivity contribution in [1.82, 2.24) is 4.90 Å². The number of phenols is 1. The number of aromatic hydroxyl groups is 1. The van der Waals surface area contributed by atoms with Gasteiger partial charge in [-0.15, -0.1) is 0 Å². The molecule has 0 radical (unpaired) electrons. The van der Waals surface area contributed by atoms with Crippen LogP contribution in [0.1, 0.15) is 43.0 Å². The molecule has 0 saturated heterocycles. The molecule has 3 N–H and O–H groups in total. The molecular formula is C15H22N2O2. The number of carbonyl (C=O) groups is 1. The molecule has 0 unspecified atom stereocenters. The van der Waals surface area contributed by atoms with Crippen molar-refractivity contribution in [2.24, 2.45) is 5.92 Å². The van der Waals surface area contributed by atoms with Crippen LogP contribution < -0.4 is 5.73 Å². The highest BCUT2D eigenvalue weighted by molar-refractivity contribution is 5.98. The number of carbonyl (C=O) groups excluding carboxylic acids is 1. The number of phenolic OH excluding ortho intramolecular Hbond substituents is 1. The van der Waals surface area contributed by atoms with Gasteiger partial charge in [0.05, 0.1) is 11.3 Å². The predicted octanol–water partition coefficient (Wildman–Crippen LogP) is 2.63. The van der Waals surface area contributed by atoms with Crippen LogP contribution in [-0.4, -0.2) is 29.0 Å². The van der Waals surface area contributed by atoms with Crippen molar-refractivity contribution in [3.63, 3.8) is 0 Å². The van der Waals surface area contributed by atoms with Gasteiger partial charge in [0.1, 0.15) is 0 Å². The minimum absolute atomic E-state index is 0.108. The standard InChI is InChI=1S/C15H22N2O2/c1-10-6-8-11(9-7-10)17(2)15(19)12-4-3-5-13(16)14(12)18/h3-5,10-11,18H,6-9,16H2,1-2H3. The molecule has 1 fully saturated rings. The lowest BCUT2D eigenvalue weighted by molar-refractivity contribution is 0.0676. The Labute approximate surface area is 114 Å². The van der Waals surface area contributed by atoms with Gasteiger partial charge in [0.2, 0.25) is 0 Å². The normalized spacial score (nSPS) is 23.1. The fourth-order valence-corrected chi connectivity index (χ4v) is 2.72. The topological polar surface area (TPSA) is 66.6 Å². The minimum atomic E-state index is -0.149. The molecule has 1 aromatic rings. The van der Waals surface area contributed by atoms with Crippen LogP contribution >= 0.6 is 0 Å². The molecular weight excluding hydrogens is 240 g/mol. The molecule has 4 nitrogen and oxygen atoms in total. The molecule has 19 heavy (non-hydrogen) atoms. The second-order valence-electron chi connectivity index (χ2n) is 5.57. The molecule has 1 aliphatic rings. The highest BCUT2D eigenvalue weighted by atomic mass is 16.3. The van der Waals surface area contributed by atoms with Gasteiger partial charge >= 0.3 is 0 Å². The van der Waals surface area contributed by atoms with E-state index in [9.17, 15) is 9.90 Å². The van der Waals surface area contributed by atoms with E-state index in [1.165, 1.54) is 0 Å². The molecule has 0 aromatic heterocycles. The van der Waals surface area contributed by atoms with Gasteiger partial charge < -0.3 is 15.7 Å². The number of hydrogen-bond donors (Lipinski definition) is 2. The van der Waals surface area contributed by atoms with Gasteiger partial charge in [-0.3, -0.25) is 4.79 Å². The number of hydrogen-bond acceptors (Lipinski definition) is 3. The molecule has 4 heteroatoms. The molecule has 1 aliphatic carbocycles. The first-order chi connectivity index (χ1) is 9.00. The largest absolute Gasteiger partial charge is 0.505 e. The Balaban J connectivity index is 2.13. The third-order valence-corrected chi connectivity index (χ3v) is 4.15. The van der Waals surface area contributed by atoms with Gasteiger partial charge in [-0.2, -0.15) is 0 Å². The third kappa shape index (κ3) is 2.83. The predicted molar refractivity (Wildman–Crippen MR) is 76.0 cm³/mol. The van der Waals surface area contributed by atoms with Crippen LogP contribution in [0, 0.1) is 5.92 Å². The molecule has 0 bridgehead atoms. The van der Waals surface area contributed by atoms with E-state index in [4.69, 9.17) is 5.73 Å². The minimum Gasteiger partial charge on any atom is -0.505 e. The third-order valence-electron chi connectivity index (χ3n) is 4.15. The van der Waals surface area contributed by atoms with E-state index in [1.807, 2.05) is 7.05 Å². The summed E-state index contributed by atoms with van der Waals surface area (Å²) < 4.78 is 0. The van der Waals surface area contributed by atoms with E-state index >= 15 is 0 Å². The van der Waals surface area contributed by atoms with Crippen molar-refractivity contribution in [1.29, 1.82) is 0 Å². The summed E-state index contributed by atoms with van der Waals surface area (Å²) in [7, 11) is 1.81. The van der Waals surface area contributed by atoms with E-state index in [0.717, 1.165) is 31.6 Å². The summed E-state index contributed by atoms with van der Waals surface area (Å²) in [6.45, 7) is 2.25. The summed E-state index contributed by atoms with van der Waals surface area (Å²) in [5.74, 6) is 0.494. The Hall–Kier alpha value is -1.71. The van der Waals surface area contributed by atoms with Gasteiger partial charge in [0, 0.05) is 13.1 Å². The number of benzene rings is 1. The first-order valence-corrected chi connectivity index (χ1v) is 6.85. The molecule has 0 aliphatic heterocycles. The van der Waals surface area contributed by atoms with E-state index in [1.54, 1.807) is 23.1 Å². The fourth-order valence-electron chi connectivity index (χ4n) is 2.72. The van der Waals surface area contributed by atoms with Crippen LogP contribution in [-0.2, 0) is 0 Å². The second kappa shape index (κ2) is 5.51. The Kier molecular flexibility index (Phi) is 3.98. The van der Waals surface area contributed by atoms with E-state index in [-0.39, 0.29) is 23.4 Å². The van der Waals surface area contributed by atoms with E-state index in [0.29, 0.717) is 5.56 Å². The number of rotatable bonds is 2. The maximum atomic E-state index is 12.4. The molecule has 0 heterocycles. The first kappa shape index (κ1) is 13.7.